The third-order valence-electron chi connectivity index (χ3n) is 17.6. The smallest absolute Gasteiger partial charge is 0.462 e. The molecule has 0 saturated heterocycles. The number of hydrogen-bond acceptors (Lipinski definition) is 15. The number of unbranched alkanes of at least 4 members (excludes halogenated alkanes) is 37. The Labute approximate surface area is 562 Å². The summed E-state index contributed by atoms with van der Waals surface area (Å²) in [7, 11) is -9.91. The van der Waals surface area contributed by atoms with Crippen molar-refractivity contribution in [1.82, 2.24) is 0 Å². The van der Waals surface area contributed by atoms with Gasteiger partial charge in [-0.3, -0.25) is 37.3 Å². The first-order valence-electron chi connectivity index (χ1n) is 37.9. The van der Waals surface area contributed by atoms with E-state index in [4.69, 9.17) is 37.0 Å². The van der Waals surface area contributed by atoms with E-state index in [0.717, 1.165) is 108 Å². The van der Waals surface area contributed by atoms with Crippen molar-refractivity contribution in [2.75, 3.05) is 39.6 Å². The van der Waals surface area contributed by atoms with Crippen LogP contribution >= 0.6 is 15.6 Å². The fourth-order valence-corrected chi connectivity index (χ4v) is 12.6. The van der Waals surface area contributed by atoms with E-state index in [9.17, 15) is 43.2 Å². The first-order valence-corrected chi connectivity index (χ1v) is 40.9. The molecule has 4 unspecified atom stereocenters. The summed E-state index contributed by atoms with van der Waals surface area (Å²) < 4.78 is 68.4. The third-order valence-corrected chi connectivity index (χ3v) is 19.5. The van der Waals surface area contributed by atoms with Gasteiger partial charge in [0.05, 0.1) is 26.4 Å². The van der Waals surface area contributed by atoms with Crippen LogP contribution in [0.4, 0.5) is 0 Å². The fourth-order valence-electron chi connectivity index (χ4n) is 11.0. The molecule has 0 aromatic heterocycles. The van der Waals surface area contributed by atoms with Gasteiger partial charge in [0.2, 0.25) is 0 Å². The average molecular weight is 1350 g/mol. The Kier molecular flexibility index (Phi) is 62.4. The van der Waals surface area contributed by atoms with E-state index in [2.05, 4.69) is 48.5 Å². The maximum Gasteiger partial charge on any atom is 0.472 e. The second kappa shape index (κ2) is 63.8. The van der Waals surface area contributed by atoms with Crippen molar-refractivity contribution in [2.24, 2.45) is 17.8 Å². The van der Waals surface area contributed by atoms with Crippen LogP contribution in [0.1, 0.15) is 370 Å². The highest BCUT2D eigenvalue weighted by Gasteiger charge is 2.30. The largest absolute Gasteiger partial charge is 0.472 e. The molecular formula is C73H142O17P2. The van der Waals surface area contributed by atoms with Gasteiger partial charge in [-0.2, -0.15) is 0 Å². The van der Waals surface area contributed by atoms with Gasteiger partial charge in [0.15, 0.2) is 12.2 Å². The average Bonchev–Trinajstić information content (AvgIpc) is 3.72. The molecule has 0 aliphatic heterocycles. The number of phosphoric acid groups is 2. The molecule has 7 atom stereocenters. The topological polar surface area (TPSA) is 237 Å². The lowest BCUT2D eigenvalue weighted by Crippen LogP contribution is -2.30. The first kappa shape index (κ1) is 90.1. The van der Waals surface area contributed by atoms with E-state index in [0.29, 0.717) is 25.7 Å². The summed E-state index contributed by atoms with van der Waals surface area (Å²) in [5.41, 5.74) is 0. The lowest BCUT2D eigenvalue weighted by atomic mass is 9.99. The number of aliphatic hydroxyl groups excluding tert-OH is 1. The molecule has 546 valence electrons. The third kappa shape index (κ3) is 64.1. The Bertz CT molecular complexity index is 1810. The Hall–Kier alpha value is -1.94. The minimum absolute atomic E-state index is 0.105. The molecule has 19 heteroatoms. The van der Waals surface area contributed by atoms with Crippen LogP contribution in [-0.2, 0) is 65.4 Å². The van der Waals surface area contributed by atoms with Gasteiger partial charge in [-0.25, -0.2) is 9.13 Å². The van der Waals surface area contributed by atoms with Crippen molar-refractivity contribution >= 4 is 39.5 Å². The second-order valence-corrected chi connectivity index (χ2v) is 30.2. The number of phosphoric ester groups is 2. The maximum atomic E-state index is 13.1. The molecule has 0 aliphatic rings. The number of rotatable bonds is 71. The molecule has 0 saturated carbocycles. The summed E-state index contributed by atoms with van der Waals surface area (Å²) in [5, 5.41) is 10.6. The molecule has 17 nitrogen and oxygen atoms in total. The fraction of sp³-hybridized carbons (Fsp3) is 0.945. The van der Waals surface area contributed by atoms with Crippen molar-refractivity contribution in [3.8, 4) is 0 Å². The number of hydrogen-bond donors (Lipinski definition) is 3. The lowest BCUT2D eigenvalue weighted by Gasteiger charge is -2.21. The van der Waals surface area contributed by atoms with Gasteiger partial charge < -0.3 is 33.8 Å². The summed E-state index contributed by atoms with van der Waals surface area (Å²) >= 11 is 0. The summed E-state index contributed by atoms with van der Waals surface area (Å²) in [6.07, 6.45) is 48.3. The molecular weight excluding hydrogens is 1210 g/mol. The molecule has 0 spiro atoms. The minimum Gasteiger partial charge on any atom is -0.462 e. The molecule has 0 rings (SSSR count). The quantitative estimate of drug-likeness (QED) is 0.0222. The maximum absolute atomic E-state index is 13.1. The monoisotopic (exact) mass is 1350 g/mol. The normalized spacial score (nSPS) is 14.7. The summed E-state index contributed by atoms with van der Waals surface area (Å²) in [4.78, 5) is 72.7. The molecule has 3 N–H and O–H groups in total. The van der Waals surface area contributed by atoms with Crippen LogP contribution in [0.2, 0.25) is 0 Å². The van der Waals surface area contributed by atoms with Crippen LogP contribution in [-0.4, -0.2) is 96.7 Å². The Morgan fingerprint density at radius 1 is 0.315 bits per heavy atom. The number of aliphatic hydroxyl groups is 1. The summed E-state index contributed by atoms with van der Waals surface area (Å²) in [5.74, 6) is 0.243. The van der Waals surface area contributed by atoms with Crippen molar-refractivity contribution in [2.45, 2.75) is 388 Å². The zero-order chi connectivity index (χ0) is 68.0. The van der Waals surface area contributed by atoms with Gasteiger partial charge in [-0.1, -0.05) is 318 Å². The van der Waals surface area contributed by atoms with Crippen LogP contribution in [0.5, 0.6) is 0 Å². The zero-order valence-electron chi connectivity index (χ0n) is 60.0. The Morgan fingerprint density at radius 3 is 0.826 bits per heavy atom. The van der Waals surface area contributed by atoms with Gasteiger partial charge in [0.1, 0.15) is 19.3 Å². The highest BCUT2D eigenvalue weighted by molar-refractivity contribution is 7.47. The van der Waals surface area contributed by atoms with Gasteiger partial charge in [0.25, 0.3) is 0 Å². The molecule has 0 aromatic carbocycles. The summed E-state index contributed by atoms with van der Waals surface area (Å²) in [6, 6.07) is 0. The number of carbonyl (C=O) groups excluding carboxylic acids is 4. The molecule has 0 radical (unpaired) electrons. The first-order chi connectivity index (χ1) is 44.3. The van der Waals surface area contributed by atoms with Gasteiger partial charge in [-0.15, -0.1) is 0 Å². The van der Waals surface area contributed by atoms with E-state index < -0.39 is 97.5 Å². The Balaban J connectivity index is 5.26. The van der Waals surface area contributed by atoms with E-state index in [1.807, 2.05) is 0 Å². The Morgan fingerprint density at radius 2 is 0.554 bits per heavy atom. The van der Waals surface area contributed by atoms with Gasteiger partial charge >= 0.3 is 39.5 Å². The molecule has 0 aliphatic carbocycles. The molecule has 92 heavy (non-hydrogen) atoms. The molecule has 0 aromatic rings. The predicted molar refractivity (Wildman–Crippen MR) is 372 cm³/mol. The number of ether oxygens (including phenoxy) is 4. The number of esters is 4. The van der Waals surface area contributed by atoms with Crippen molar-refractivity contribution in [3.63, 3.8) is 0 Å². The van der Waals surface area contributed by atoms with E-state index in [-0.39, 0.29) is 25.7 Å². The minimum atomic E-state index is -4.96. The highest BCUT2D eigenvalue weighted by Crippen LogP contribution is 2.45. The molecule has 0 fully saturated rings. The van der Waals surface area contributed by atoms with Crippen LogP contribution < -0.4 is 0 Å². The zero-order valence-corrected chi connectivity index (χ0v) is 61.8. The molecule has 0 amide bonds. The lowest BCUT2D eigenvalue weighted by molar-refractivity contribution is -0.161. The molecule has 0 heterocycles. The molecule has 0 bridgehead atoms. The van der Waals surface area contributed by atoms with Crippen molar-refractivity contribution in [3.05, 3.63) is 0 Å². The predicted octanol–water partition coefficient (Wildman–Crippen LogP) is 21.0. The number of carbonyl (C=O) groups is 4. The van der Waals surface area contributed by atoms with Crippen molar-refractivity contribution < 1.29 is 80.2 Å². The van der Waals surface area contributed by atoms with Crippen LogP contribution in [0.3, 0.4) is 0 Å². The van der Waals surface area contributed by atoms with Crippen LogP contribution in [0.25, 0.3) is 0 Å². The van der Waals surface area contributed by atoms with Gasteiger partial charge in [-0.05, 0) is 43.4 Å². The summed E-state index contributed by atoms with van der Waals surface area (Å²) in [6.45, 7) is 11.9. The van der Waals surface area contributed by atoms with Crippen LogP contribution in [0, 0.1) is 17.8 Å². The van der Waals surface area contributed by atoms with E-state index in [1.165, 1.54) is 180 Å². The van der Waals surface area contributed by atoms with Crippen LogP contribution in [0.15, 0.2) is 0 Å². The van der Waals surface area contributed by atoms with Gasteiger partial charge in [0, 0.05) is 25.7 Å². The highest BCUT2D eigenvalue weighted by atomic mass is 31.2. The van der Waals surface area contributed by atoms with Crippen molar-refractivity contribution in [1.29, 1.82) is 0 Å². The SMILES string of the molecule is CCCCCCCCCCCCC(=O)OC[C@H](COP(=O)(O)OC[C@H](O)COP(=O)(O)OC[C@@H](COC(=O)CCCCCCCCCCCCC(C)CC)OC(=O)CCCCCCCCCCCCCCCC(C)C)OC(=O)CCCCCCCCCCC(C)CC. The standard InChI is InChI=1S/C73H142O17P2/c1-8-11-12-13-14-15-25-33-40-47-54-70(75)83-61-69(90-73(78)57-50-43-36-29-28-32-39-46-53-66(7)10-3)63-88-92(81,82)86-59-67(74)58-85-91(79,80)87-62-68(60-84-71(76)55-48-41-34-26-22-21-24-31-38-45-52-65(6)9-2)89-72(77)56-49-42-35-27-20-18-16-17-19-23-30-37-44-51-64(4)5/h64-69,74H,8-63H2,1-7H3,(H,79,80)(H,81,82)/t65?,66?,67-,68-,69-/m1/s1. The van der Waals surface area contributed by atoms with E-state index >= 15 is 0 Å². The second-order valence-electron chi connectivity index (χ2n) is 27.3. The van der Waals surface area contributed by atoms with E-state index in [1.54, 1.807) is 0 Å².